The fourth-order valence-electron chi connectivity index (χ4n) is 3.25. The van der Waals surface area contributed by atoms with Crippen molar-refractivity contribution in [1.29, 1.82) is 0 Å². The number of piperazine rings is 1. The third-order valence-corrected chi connectivity index (χ3v) is 4.64. The molecule has 120 valence electrons. The molecule has 1 aliphatic carbocycles. The average Bonchev–Trinajstić information content (AvgIpc) is 3.24. The second kappa shape index (κ2) is 8.38. The molecule has 2 aliphatic rings. The Labute approximate surface area is 141 Å². The summed E-state index contributed by atoms with van der Waals surface area (Å²) in [7, 11) is 0. The van der Waals surface area contributed by atoms with Crippen LogP contribution in [0, 0.1) is 19.8 Å². The molecule has 1 aromatic rings. The molecule has 0 spiro atoms. The van der Waals surface area contributed by atoms with E-state index in [9.17, 15) is 0 Å². The van der Waals surface area contributed by atoms with Gasteiger partial charge >= 0.3 is 0 Å². The Hall–Kier alpha value is -0.280. The van der Waals surface area contributed by atoms with Crippen LogP contribution in [0.4, 0.5) is 0 Å². The summed E-state index contributed by atoms with van der Waals surface area (Å²) in [5.41, 5.74) is 4.44. The first-order valence-corrected chi connectivity index (χ1v) is 7.76. The molecule has 1 saturated heterocycles. The van der Waals surface area contributed by atoms with Crippen LogP contribution in [-0.4, -0.2) is 31.1 Å². The van der Waals surface area contributed by atoms with Gasteiger partial charge in [0, 0.05) is 32.2 Å². The van der Waals surface area contributed by atoms with E-state index in [-0.39, 0.29) is 24.8 Å². The molecule has 2 nitrogen and oxygen atoms in total. The Balaban J connectivity index is 0.00000110. The fourth-order valence-corrected chi connectivity index (χ4v) is 3.25. The van der Waals surface area contributed by atoms with Crippen LogP contribution in [0.3, 0.4) is 0 Å². The van der Waals surface area contributed by atoms with Crippen molar-refractivity contribution in [2.24, 2.45) is 5.92 Å². The summed E-state index contributed by atoms with van der Waals surface area (Å²) in [5.74, 6) is 0.986. The van der Waals surface area contributed by atoms with Crippen molar-refractivity contribution >= 4 is 24.8 Å². The first-order chi connectivity index (χ1) is 9.24. The number of nitrogens with one attached hydrogen (secondary N) is 1. The van der Waals surface area contributed by atoms with Gasteiger partial charge in [-0.15, -0.1) is 24.8 Å². The van der Waals surface area contributed by atoms with Crippen molar-refractivity contribution in [3.63, 3.8) is 0 Å². The Morgan fingerprint density at radius 3 is 2.43 bits per heavy atom. The highest BCUT2D eigenvalue weighted by Gasteiger charge is 2.31. The molecule has 1 aromatic carbocycles. The molecule has 2 fully saturated rings. The average molecular weight is 331 g/mol. The van der Waals surface area contributed by atoms with E-state index in [2.05, 4.69) is 42.3 Å². The van der Waals surface area contributed by atoms with Gasteiger partial charge in [-0.05, 0) is 37.3 Å². The first-order valence-electron chi connectivity index (χ1n) is 7.76. The molecule has 1 saturated carbocycles. The quantitative estimate of drug-likeness (QED) is 0.900. The van der Waals surface area contributed by atoms with Crippen LogP contribution in [-0.2, 0) is 0 Å². The third kappa shape index (κ3) is 4.85. The van der Waals surface area contributed by atoms with Crippen molar-refractivity contribution in [3.05, 3.63) is 34.9 Å². The lowest BCUT2D eigenvalue weighted by Gasteiger charge is -2.36. The van der Waals surface area contributed by atoms with Crippen LogP contribution < -0.4 is 5.32 Å². The Kier molecular flexibility index (Phi) is 7.49. The molecule has 1 heterocycles. The van der Waals surface area contributed by atoms with Crippen LogP contribution in [0.15, 0.2) is 18.2 Å². The molecule has 1 N–H and O–H groups in total. The minimum atomic E-state index is 0. The monoisotopic (exact) mass is 330 g/mol. The summed E-state index contributed by atoms with van der Waals surface area (Å²) >= 11 is 0. The SMILES string of the molecule is Cc1ccc(C)c([C@H](CC2CC2)N2CCNCC2)c1.Cl.Cl. The van der Waals surface area contributed by atoms with E-state index < -0.39 is 0 Å². The van der Waals surface area contributed by atoms with Gasteiger partial charge in [-0.1, -0.05) is 36.6 Å². The van der Waals surface area contributed by atoms with Crippen molar-refractivity contribution < 1.29 is 0 Å². The number of rotatable bonds is 4. The molecule has 3 rings (SSSR count). The molecule has 1 atom stereocenters. The zero-order valence-electron chi connectivity index (χ0n) is 13.1. The lowest BCUT2D eigenvalue weighted by atomic mass is 9.93. The summed E-state index contributed by atoms with van der Waals surface area (Å²) in [5, 5.41) is 3.47. The molecule has 0 radical (unpaired) electrons. The number of hydrogen-bond donors (Lipinski definition) is 1. The maximum Gasteiger partial charge on any atom is 0.0354 e. The molecule has 0 bridgehead atoms. The van der Waals surface area contributed by atoms with E-state index in [4.69, 9.17) is 0 Å². The van der Waals surface area contributed by atoms with E-state index in [1.165, 1.54) is 43.5 Å². The molecular weight excluding hydrogens is 303 g/mol. The molecule has 0 amide bonds. The lowest BCUT2D eigenvalue weighted by Crippen LogP contribution is -2.45. The number of benzene rings is 1. The maximum absolute atomic E-state index is 3.47. The maximum atomic E-state index is 3.47. The van der Waals surface area contributed by atoms with Crippen molar-refractivity contribution in [1.82, 2.24) is 10.2 Å². The van der Waals surface area contributed by atoms with Crippen LogP contribution in [0.25, 0.3) is 0 Å². The van der Waals surface area contributed by atoms with Gasteiger partial charge in [-0.2, -0.15) is 0 Å². The zero-order valence-corrected chi connectivity index (χ0v) is 14.7. The van der Waals surface area contributed by atoms with E-state index in [1.54, 1.807) is 5.56 Å². The summed E-state index contributed by atoms with van der Waals surface area (Å²) in [4.78, 5) is 2.70. The van der Waals surface area contributed by atoms with Crippen molar-refractivity contribution in [3.8, 4) is 0 Å². The highest BCUT2D eigenvalue weighted by molar-refractivity contribution is 5.85. The Morgan fingerprint density at radius 1 is 1.14 bits per heavy atom. The van der Waals surface area contributed by atoms with E-state index >= 15 is 0 Å². The van der Waals surface area contributed by atoms with Gasteiger partial charge in [0.05, 0.1) is 0 Å². The standard InChI is InChI=1S/C17H26N2.2ClH/c1-13-3-4-14(2)16(11-13)17(12-15-5-6-15)19-9-7-18-8-10-19;;/h3-4,11,15,17-18H,5-10,12H2,1-2H3;2*1H/t17-;;/m0../s1. The minimum Gasteiger partial charge on any atom is -0.314 e. The fraction of sp³-hybridized carbons (Fsp3) is 0.647. The predicted molar refractivity (Wildman–Crippen MR) is 94.9 cm³/mol. The van der Waals surface area contributed by atoms with Crippen LogP contribution >= 0.6 is 24.8 Å². The third-order valence-electron chi connectivity index (χ3n) is 4.64. The summed E-state index contributed by atoms with van der Waals surface area (Å²) in [6, 6.07) is 7.61. The minimum absolute atomic E-state index is 0. The summed E-state index contributed by atoms with van der Waals surface area (Å²) in [6.45, 7) is 9.18. The van der Waals surface area contributed by atoms with E-state index in [0.29, 0.717) is 6.04 Å². The van der Waals surface area contributed by atoms with Gasteiger partial charge in [-0.3, -0.25) is 4.90 Å². The number of nitrogens with zero attached hydrogens (tertiary/aromatic N) is 1. The van der Waals surface area contributed by atoms with Crippen LogP contribution in [0.2, 0.25) is 0 Å². The number of halogens is 2. The smallest absolute Gasteiger partial charge is 0.0354 e. The van der Waals surface area contributed by atoms with Gasteiger partial charge in [-0.25, -0.2) is 0 Å². The molecule has 1 aliphatic heterocycles. The highest BCUT2D eigenvalue weighted by Crippen LogP contribution is 2.41. The van der Waals surface area contributed by atoms with Gasteiger partial charge in [0.25, 0.3) is 0 Å². The molecular formula is C17H28Cl2N2. The Morgan fingerprint density at radius 2 is 1.81 bits per heavy atom. The molecule has 0 aromatic heterocycles. The largest absolute Gasteiger partial charge is 0.314 e. The molecule has 0 unspecified atom stereocenters. The lowest BCUT2D eigenvalue weighted by molar-refractivity contribution is 0.160. The summed E-state index contributed by atoms with van der Waals surface area (Å²) in [6.07, 6.45) is 4.27. The molecule has 21 heavy (non-hydrogen) atoms. The van der Waals surface area contributed by atoms with Gasteiger partial charge in [0.2, 0.25) is 0 Å². The predicted octanol–water partition coefficient (Wildman–Crippen LogP) is 3.89. The normalized spacial score (nSPS) is 20.3. The topological polar surface area (TPSA) is 15.3 Å². The second-order valence-corrected chi connectivity index (χ2v) is 6.34. The second-order valence-electron chi connectivity index (χ2n) is 6.34. The van der Waals surface area contributed by atoms with Crippen LogP contribution in [0.1, 0.15) is 42.0 Å². The first kappa shape index (κ1) is 18.8. The Bertz CT molecular complexity index is 440. The van der Waals surface area contributed by atoms with Crippen molar-refractivity contribution in [2.45, 2.75) is 39.2 Å². The van der Waals surface area contributed by atoms with E-state index in [1.807, 2.05) is 0 Å². The summed E-state index contributed by atoms with van der Waals surface area (Å²) < 4.78 is 0. The zero-order chi connectivity index (χ0) is 13.2. The van der Waals surface area contributed by atoms with E-state index in [0.717, 1.165) is 19.0 Å². The van der Waals surface area contributed by atoms with Gasteiger partial charge in [0.15, 0.2) is 0 Å². The van der Waals surface area contributed by atoms with Crippen LogP contribution in [0.5, 0.6) is 0 Å². The number of hydrogen-bond acceptors (Lipinski definition) is 2. The molecule has 4 heteroatoms. The highest BCUT2D eigenvalue weighted by atomic mass is 35.5. The number of aryl methyl sites for hydroxylation is 2. The van der Waals surface area contributed by atoms with Gasteiger partial charge < -0.3 is 5.32 Å². The van der Waals surface area contributed by atoms with Crippen molar-refractivity contribution in [2.75, 3.05) is 26.2 Å². The van der Waals surface area contributed by atoms with Gasteiger partial charge in [0.1, 0.15) is 0 Å².